The van der Waals surface area contributed by atoms with Crippen molar-refractivity contribution < 1.29 is 23.9 Å². The largest absolute Gasteiger partial charge is 0.466 e. The third-order valence-electron chi connectivity index (χ3n) is 3.52. The Morgan fingerprint density at radius 3 is 2.00 bits per heavy atom. The molecule has 0 spiro atoms. The van der Waals surface area contributed by atoms with Crippen LogP contribution in [0.3, 0.4) is 0 Å². The van der Waals surface area contributed by atoms with E-state index in [-0.39, 0.29) is 30.2 Å². The summed E-state index contributed by atoms with van der Waals surface area (Å²) in [7, 11) is 0. The Labute approximate surface area is 139 Å². The highest BCUT2D eigenvalue weighted by Crippen LogP contribution is 2.13. The van der Waals surface area contributed by atoms with Crippen molar-refractivity contribution in [2.24, 2.45) is 0 Å². The van der Waals surface area contributed by atoms with Gasteiger partial charge in [0.25, 0.3) is 0 Å². The molecule has 0 atom stereocenters. The van der Waals surface area contributed by atoms with Crippen molar-refractivity contribution in [1.82, 2.24) is 9.13 Å². The number of ketones is 1. The van der Waals surface area contributed by atoms with Crippen LogP contribution in [-0.2, 0) is 9.53 Å². The minimum Gasteiger partial charge on any atom is -0.466 e. The highest BCUT2D eigenvalue weighted by atomic mass is 16.5. The van der Waals surface area contributed by atoms with Gasteiger partial charge in [-0.25, -0.2) is 13.9 Å². The highest BCUT2D eigenvalue weighted by Gasteiger charge is 2.25. The number of esters is 1. The fraction of sp³-hybridized carbons (Fsp3) is 0.562. The summed E-state index contributed by atoms with van der Waals surface area (Å²) in [5.74, 6) is -1.93. The van der Waals surface area contributed by atoms with Gasteiger partial charge in [0.15, 0.2) is 5.78 Å². The number of aromatic nitrogens is 2. The van der Waals surface area contributed by atoms with Gasteiger partial charge in [-0.2, -0.15) is 0 Å². The molecule has 0 saturated heterocycles. The molecule has 24 heavy (non-hydrogen) atoms. The number of rotatable bonds is 7. The van der Waals surface area contributed by atoms with Gasteiger partial charge in [-0.3, -0.25) is 19.2 Å². The van der Waals surface area contributed by atoms with E-state index < -0.39 is 23.3 Å². The van der Waals surface area contributed by atoms with Gasteiger partial charge in [-0.1, -0.05) is 0 Å². The molecule has 0 radical (unpaired) electrons. The smallest absolute Gasteiger partial charge is 0.342 e. The molecule has 0 fully saturated rings. The summed E-state index contributed by atoms with van der Waals surface area (Å²) in [6, 6.07) is 0. The fourth-order valence-electron chi connectivity index (χ4n) is 2.50. The van der Waals surface area contributed by atoms with E-state index in [4.69, 9.17) is 4.74 Å². The maximum absolute atomic E-state index is 12.4. The predicted octanol–water partition coefficient (Wildman–Crippen LogP) is 1.58. The molecule has 0 aromatic carbocycles. The molecule has 0 N–H and O–H groups in total. The molecular weight excluding hydrogens is 316 g/mol. The Balaban J connectivity index is 2.93. The van der Waals surface area contributed by atoms with Gasteiger partial charge < -0.3 is 4.74 Å². The Bertz CT molecular complexity index is 726. The first-order valence-corrected chi connectivity index (χ1v) is 7.77. The topological polar surface area (TPSA) is 104 Å². The van der Waals surface area contributed by atoms with E-state index in [0.717, 1.165) is 16.1 Å². The normalized spacial score (nSPS) is 10.5. The summed E-state index contributed by atoms with van der Waals surface area (Å²) in [5, 5.41) is 0. The first-order valence-electron chi connectivity index (χ1n) is 7.77. The zero-order valence-corrected chi connectivity index (χ0v) is 14.4. The van der Waals surface area contributed by atoms with Crippen molar-refractivity contribution >= 4 is 23.6 Å². The summed E-state index contributed by atoms with van der Waals surface area (Å²) in [4.78, 5) is 59.1. The molecule has 0 unspecified atom stereocenters. The average Bonchev–Trinajstić information content (AvgIpc) is 2.74. The van der Waals surface area contributed by atoms with Gasteiger partial charge >= 0.3 is 11.7 Å². The van der Waals surface area contributed by atoms with Crippen LogP contribution in [0.1, 0.15) is 72.2 Å². The van der Waals surface area contributed by atoms with Crippen molar-refractivity contribution in [2.75, 3.05) is 6.61 Å². The van der Waals surface area contributed by atoms with Crippen LogP contribution in [-0.4, -0.2) is 39.3 Å². The number of nitrogens with zero attached hydrogens (tertiary/aromatic N) is 2. The minimum absolute atomic E-state index is 0.0644. The zero-order valence-electron chi connectivity index (χ0n) is 14.4. The lowest BCUT2D eigenvalue weighted by Gasteiger charge is -2.05. The monoisotopic (exact) mass is 338 g/mol. The Morgan fingerprint density at radius 1 is 0.958 bits per heavy atom. The van der Waals surface area contributed by atoms with Crippen LogP contribution in [0.4, 0.5) is 0 Å². The number of Topliss-reactive ketones (excluding diaryl/α,β-unsaturated/α-hetero) is 1. The second-order valence-corrected chi connectivity index (χ2v) is 5.36. The number of ether oxygens (including phenoxy) is 1. The molecule has 0 bridgehead atoms. The van der Waals surface area contributed by atoms with Crippen LogP contribution in [0.15, 0.2) is 4.79 Å². The van der Waals surface area contributed by atoms with Gasteiger partial charge in [0.1, 0.15) is 5.69 Å². The van der Waals surface area contributed by atoms with Crippen LogP contribution in [0, 0.1) is 6.92 Å². The zero-order chi connectivity index (χ0) is 18.4. The number of hydrogen-bond donors (Lipinski definition) is 0. The summed E-state index contributed by atoms with van der Waals surface area (Å²) >= 11 is 0. The standard InChI is InChI=1S/C16H22N2O6/c1-5-24-14(22)9-7-6-8-13(21)15-10(2)17(11(3)19)16(23)18(15)12(4)20/h5-9H2,1-4H3. The van der Waals surface area contributed by atoms with Crippen LogP contribution >= 0.6 is 0 Å². The molecule has 8 nitrogen and oxygen atoms in total. The molecule has 132 valence electrons. The molecule has 0 saturated carbocycles. The van der Waals surface area contributed by atoms with Gasteiger partial charge in [-0.05, 0) is 26.7 Å². The lowest BCUT2D eigenvalue weighted by Crippen LogP contribution is -2.31. The van der Waals surface area contributed by atoms with Gasteiger partial charge in [0, 0.05) is 26.7 Å². The lowest BCUT2D eigenvalue weighted by molar-refractivity contribution is -0.143. The summed E-state index contributed by atoms with van der Waals surface area (Å²) in [6.45, 7) is 5.81. The molecule has 0 aliphatic rings. The predicted molar refractivity (Wildman–Crippen MR) is 85.5 cm³/mol. The fourth-order valence-corrected chi connectivity index (χ4v) is 2.50. The molecule has 1 aromatic heterocycles. The van der Waals surface area contributed by atoms with Gasteiger partial charge in [0.2, 0.25) is 11.8 Å². The number of carbonyl (C=O) groups excluding carboxylic acids is 4. The minimum atomic E-state index is -0.831. The number of imidazole rings is 1. The van der Waals surface area contributed by atoms with Gasteiger partial charge in [0.05, 0.1) is 12.3 Å². The van der Waals surface area contributed by atoms with E-state index >= 15 is 0 Å². The summed E-state index contributed by atoms with van der Waals surface area (Å²) in [6.07, 6.45) is 1.14. The third kappa shape index (κ3) is 4.27. The van der Waals surface area contributed by atoms with E-state index in [0.29, 0.717) is 19.4 Å². The number of hydrogen-bond acceptors (Lipinski definition) is 6. The van der Waals surface area contributed by atoms with E-state index in [2.05, 4.69) is 0 Å². The van der Waals surface area contributed by atoms with E-state index in [1.807, 2.05) is 0 Å². The molecule has 0 amide bonds. The molecule has 0 aliphatic heterocycles. The molecule has 1 heterocycles. The molecule has 1 aromatic rings. The first kappa shape index (κ1) is 19.5. The number of unbranched alkanes of at least 4 members (excludes halogenated alkanes) is 1. The Kier molecular flexibility index (Phi) is 6.82. The molecule has 0 aliphatic carbocycles. The SMILES string of the molecule is CCOC(=O)CCCCC(=O)c1c(C)n(C(C)=O)c(=O)n1C(C)=O. The van der Waals surface area contributed by atoms with Crippen LogP contribution in [0.25, 0.3) is 0 Å². The first-order chi connectivity index (χ1) is 11.2. The maximum atomic E-state index is 12.4. The summed E-state index contributed by atoms with van der Waals surface area (Å²) in [5.41, 5.74) is -0.751. The molecule has 1 rings (SSSR count). The van der Waals surface area contributed by atoms with Crippen molar-refractivity contribution in [1.29, 1.82) is 0 Å². The van der Waals surface area contributed by atoms with Crippen molar-refractivity contribution in [2.45, 2.75) is 53.4 Å². The quantitative estimate of drug-likeness (QED) is 0.425. The van der Waals surface area contributed by atoms with Crippen molar-refractivity contribution in [3.05, 3.63) is 21.9 Å². The van der Waals surface area contributed by atoms with E-state index in [1.165, 1.54) is 13.8 Å². The van der Waals surface area contributed by atoms with Gasteiger partial charge in [-0.15, -0.1) is 0 Å². The van der Waals surface area contributed by atoms with Crippen LogP contribution < -0.4 is 5.69 Å². The average molecular weight is 338 g/mol. The maximum Gasteiger partial charge on any atom is 0.342 e. The van der Waals surface area contributed by atoms with Crippen LogP contribution in [0.2, 0.25) is 0 Å². The third-order valence-corrected chi connectivity index (χ3v) is 3.52. The lowest BCUT2D eigenvalue weighted by atomic mass is 10.1. The van der Waals surface area contributed by atoms with Crippen LogP contribution in [0.5, 0.6) is 0 Å². The second kappa shape index (κ2) is 8.37. The Morgan fingerprint density at radius 2 is 1.50 bits per heavy atom. The second-order valence-electron chi connectivity index (χ2n) is 5.36. The Hall–Kier alpha value is -2.51. The van der Waals surface area contributed by atoms with Crippen molar-refractivity contribution in [3.63, 3.8) is 0 Å². The van der Waals surface area contributed by atoms with E-state index in [1.54, 1.807) is 6.92 Å². The van der Waals surface area contributed by atoms with Crippen molar-refractivity contribution in [3.8, 4) is 0 Å². The molecular formula is C16H22N2O6. The van der Waals surface area contributed by atoms with E-state index in [9.17, 15) is 24.0 Å². The molecule has 8 heteroatoms. The number of carbonyl (C=O) groups is 4. The summed E-state index contributed by atoms with van der Waals surface area (Å²) < 4.78 is 6.33. The highest BCUT2D eigenvalue weighted by molar-refractivity contribution is 6.00.